The van der Waals surface area contributed by atoms with E-state index >= 15 is 0 Å². The van der Waals surface area contributed by atoms with Crippen LogP contribution in [0.15, 0.2) is 42.5 Å². The van der Waals surface area contributed by atoms with Gasteiger partial charge in [0.1, 0.15) is 11.6 Å². The average molecular weight is 265 g/mol. The quantitative estimate of drug-likeness (QED) is 0.790. The third-order valence-electron chi connectivity index (χ3n) is 2.53. The van der Waals surface area contributed by atoms with Crippen molar-refractivity contribution in [2.45, 2.75) is 0 Å². The van der Waals surface area contributed by atoms with Gasteiger partial charge in [0.15, 0.2) is 5.78 Å². The number of methoxy groups -OCH3 is 1. The van der Waals surface area contributed by atoms with Crippen molar-refractivity contribution in [1.29, 1.82) is 0 Å². The van der Waals surface area contributed by atoms with Crippen molar-refractivity contribution in [2.24, 2.45) is 0 Å². The Kier molecular flexibility index (Phi) is 3.63. The molecule has 0 saturated heterocycles. The van der Waals surface area contributed by atoms with Gasteiger partial charge in [0, 0.05) is 5.56 Å². The van der Waals surface area contributed by atoms with Gasteiger partial charge in [-0.25, -0.2) is 4.39 Å². The highest BCUT2D eigenvalue weighted by atomic mass is 35.5. The van der Waals surface area contributed by atoms with Gasteiger partial charge in [-0.2, -0.15) is 0 Å². The maximum absolute atomic E-state index is 12.9. The Morgan fingerprint density at radius 1 is 1.17 bits per heavy atom. The van der Waals surface area contributed by atoms with Crippen LogP contribution in [0.2, 0.25) is 5.02 Å². The molecular formula is C14H10ClFO2. The van der Waals surface area contributed by atoms with Crippen LogP contribution in [0.1, 0.15) is 15.9 Å². The number of halogens is 2. The molecule has 2 aromatic carbocycles. The van der Waals surface area contributed by atoms with Gasteiger partial charge in [-0.1, -0.05) is 23.7 Å². The fourth-order valence-corrected chi connectivity index (χ4v) is 1.90. The van der Waals surface area contributed by atoms with Gasteiger partial charge in [-0.3, -0.25) is 4.79 Å². The third-order valence-corrected chi connectivity index (χ3v) is 2.84. The zero-order valence-electron chi connectivity index (χ0n) is 9.61. The molecule has 0 fully saturated rings. The lowest BCUT2D eigenvalue weighted by Gasteiger charge is -2.08. The molecule has 92 valence electrons. The van der Waals surface area contributed by atoms with Crippen molar-refractivity contribution in [2.75, 3.05) is 7.11 Å². The molecule has 0 aliphatic heterocycles. The fraction of sp³-hybridized carbons (Fsp3) is 0.0714. The van der Waals surface area contributed by atoms with Crippen LogP contribution in [0.3, 0.4) is 0 Å². The van der Waals surface area contributed by atoms with Gasteiger partial charge in [0.2, 0.25) is 0 Å². The lowest BCUT2D eigenvalue weighted by Crippen LogP contribution is -2.04. The highest BCUT2D eigenvalue weighted by Crippen LogP contribution is 2.25. The molecule has 0 radical (unpaired) electrons. The van der Waals surface area contributed by atoms with E-state index in [1.165, 1.54) is 19.2 Å². The van der Waals surface area contributed by atoms with Gasteiger partial charge in [0.05, 0.1) is 17.7 Å². The van der Waals surface area contributed by atoms with Crippen LogP contribution in [0, 0.1) is 5.82 Å². The summed E-state index contributed by atoms with van der Waals surface area (Å²) in [4.78, 5) is 12.3. The first-order valence-electron chi connectivity index (χ1n) is 5.26. The van der Waals surface area contributed by atoms with Crippen LogP contribution in [-0.4, -0.2) is 12.9 Å². The summed E-state index contributed by atoms with van der Waals surface area (Å²) in [6.07, 6.45) is 0. The van der Waals surface area contributed by atoms with Crippen LogP contribution in [0.4, 0.5) is 4.39 Å². The molecule has 18 heavy (non-hydrogen) atoms. The molecule has 2 nitrogen and oxygen atoms in total. The van der Waals surface area contributed by atoms with E-state index in [-0.39, 0.29) is 16.4 Å². The second-order valence-corrected chi connectivity index (χ2v) is 4.06. The number of ketones is 1. The van der Waals surface area contributed by atoms with E-state index in [4.69, 9.17) is 16.3 Å². The van der Waals surface area contributed by atoms with Crippen molar-refractivity contribution in [3.63, 3.8) is 0 Å². The minimum atomic E-state index is -0.475. The summed E-state index contributed by atoms with van der Waals surface area (Å²) >= 11 is 5.87. The summed E-state index contributed by atoms with van der Waals surface area (Å²) in [5.41, 5.74) is 0.649. The molecule has 4 heteroatoms. The van der Waals surface area contributed by atoms with Crippen molar-refractivity contribution < 1.29 is 13.9 Å². The number of carbonyl (C=O) groups is 1. The van der Waals surface area contributed by atoms with Crippen molar-refractivity contribution in [1.82, 2.24) is 0 Å². The second kappa shape index (κ2) is 5.19. The smallest absolute Gasteiger partial charge is 0.198 e. The highest BCUT2D eigenvalue weighted by Gasteiger charge is 2.16. The van der Waals surface area contributed by atoms with Crippen LogP contribution < -0.4 is 4.74 Å². The lowest BCUT2D eigenvalue weighted by molar-refractivity contribution is 0.103. The van der Waals surface area contributed by atoms with Crippen LogP contribution in [-0.2, 0) is 0 Å². The Hall–Kier alpha value is -1.87. The Balaban J connectivity index is 2.48. The Morgan fingerprint density at radius 3 is 2.56 bits per heavy atom. The minimum Gasteiger partial charge on any atom is -0.496 e. The molecule has 0 aromatic heterocycles. The Bertz CT molecular complexity index is 596. The van der Waals surface area contributed by atoms with E-state index in [1.807, 2.05) is 0 Å². The van der Waals surface area contributed by atoms with Crippen LogP contribution in [0.5, 0.6) is 5.75 Å². The van der Waals surface area contributed by atoms with Crippen LogP contribution in [0.25, 0.3) is 0 Å². The number of hydrogen-bond donors (Lipinski definition) is 0. The topological polar surface area (TPSA) is 26.3 Å². The first-order valence-corrected chi connectivity index (χ1v) is 5.64. The molecule has 2 rings (SSSR count). The number of hydrogen-bond acceptors (Lipinski definition) is 2. The standard InChI is InChI=1S/C14H10ClFO2/c1-18-13-5-3-2-4-11(13)14(17)10-7-6-9(16)8-12(10)15/h2-8H,1H3. The van der Waals surface area contributed by atoms with Crippen molar-refractivity contribution in [3.8, 4) is 5.75 Å². The molecular weight excluding hydrogens is 255 g/mol. The largest absolute Gasteiger partial charge is 0.496 e. The molecule has 0 atom stereocenters. The Labute approximate surface area is 109 Å². The Morgan fingerprint density at radius 2 is 1.89 bits per heavy atom. The maximum Gasteiger partial charge on any atom is 0.198 e. The fourth-order valence-electron chi connectivity index (χ4n) is 1.65. The predicted octanol–water partition coefficient (Wildman–Crippen LogP) is 3.72. The van der Waals surface area contributed by atoms with Gasteiger partial charge < -0.3 is 4.74 Å². The van der Waals surface area contributed by atoms with E-state index in [9.17, 15) is 9.18 Å². The van der Waals surface area contributed by atoms with Crippen LogP contribution >= 0.6 is 11.6 Å². The van der Waals surface area contributed by atoms with E-state index < -0.39 is 5.82 Å². The van der Waals surface area contributed by atoms with Gasteiger partial charge in [-0.05, 0) is 30.3 Å². The van der Waals surface area contributed by atoms with Gasteiger partial charge in [-0.15, -0.1) is 0 Å². The number of para-hydroxylation sites is 1. The molecule has 0 unspecified atom stereocenters. The van der Waals surface area contributed by atoms with Gasteiger partial charge in [0.25, 0.3) is 0 Å². The third kappa shape index (κ3) is 2.36. The number of benzene rings is 2. The predicted molar refractivity (Wildman–Crippen MR) is 67.8 cm³/mol. The SMILES string of the molecule is COc1ccccc1C(=O)c1ccc(F)cc1Cl. The summed E-state index contributed by atoms with van der Waals surface area (Å²) in [6, 6.07) is 10.5. The summed E-state index contributed by atoms with van der Waals surface area (Å²) in [6.45, 7) is 0. The minimum absolute atomic E-state index is 0.0888. The summed E-state index contributed by atoms with van der Waals surface area (Å²) in [5, 5.41) is 0.0888. The molecule has 0 aliphatic rings. The molecule has 0 spiro atoms. The number of rotatable bonds is 3. The van der Waals surface area contributed by atoms with Gasteiger partial charge >= 0.3 is 0 Å². The summed E-state index contributed by atoms with van der Waals surface area (Å²) in [5.74, 6) is -0.308. The zero-order valence-corrected chi connectivity index (χ0v) is 10.4. The first-order chi connectivity index (χ1) is 8.63. The highest BCUT2D eigenvalue weighted by molar-refractivity contribution is 6.35. The maximum atomic E-state index is 12.9. The molecule has 0 amide bonds. The molecule has 0 saturated carbocycles. The monoisotopic (exact) mass is 264 g/mol. The lowest BCUT2D eigenvalue weighted by atomic mass is 10.0. The average Bonchev–Trinajstić information content (AvgIpc) is 2.38. The molecule has 0 bridgehead atoms. The zero-order chi connectivity index (χ0) is 13.1. The number of ether oxygens (including phenoxy) is 1. The summed E-state index contributed by atoms with van der Waals surface area (Å²) in [7, 11) is 1.48. The van der Waals surface area contributed by atoms with E-state index in [0.29, 0.717) is 11.3 Å². The molecule has 0 N–H and O–H groups in total. The second-order valence-electron chi connectivity index (χ2n) is 3.65. The van der Waals surface area contributed by atoms with Crippen molar-refractivity contribution >= 4 is 17.4 Å². The van der Waals surface area contributed by atoms with E-state index in [1.54, 1.807) is 24.3 Å². The van der Waals surface area contributed by atoms with E-state index in [2.05, 4.69) is 0 Å². The van der Waals surface area contributed by atoms with Crippen molar-refractivity contribution in [3.05, 3.63) is 64.4 Å². The molecule has 2 aromatic rings. The normalized spacial score (nSPS) is 10.2. The molecule has 0 heterocycles. The number of carbonyl (C=O) groups excluding carboxylic acids is 1. The first kappa shape index (κ1) is 12.6. The summed E-state index contributed by atoms with van der Waals surface area (Å²) < 4.78 is 18.1. The molecule has 0 aliphatic carbocycles. The van der Waals surface area contributed by atoms with E-state index in [0.717, 1.165) is 6.07 Å².